The van der Waals surface area contributed by atoms with Gasteiger partial charge in [0, 0.05) is 24.4 Å². The van der Waals surface area contributed by atoms with Crippen LogP contribution in [0.5, 0.6) is 5.88 Å². The molecular formula is C29H34FN3O7S. The van der Waals surface area contributed by atoms with Crippen LogP contribution in [0.1, 0.15) is 52.9 Å². The van der Waals surface area contributed by atoms with Crippen LogP contribution in [0.3, 0.4) is 0 Å². The van der Waals surface area contributed by atoms with Crippen molar-refractivity contribution in [2.75, 3.05) is 6.54 Å². The summed E-state index contributed by atoms with van der Waals surface area (Å²) in [7, 11) is -3.81. The molecule has 220 valence electrons. The number of allylic oxidation sites excluding steroid dienone is 1. The second kappa shape index (κ2) is 10.4. The van der Waals surface area contributed by atoms with Gasteiger partial charge >= 0.3 is 6.09 Å². The summed E-state index contributed by atoms with van der Waals surface area (Å²) in [5.74, 6) is -1.81. The summed E-state index contributed by atoms with van der Waals surface area (Å²) in [5, 5.41) is 0.571. The number of pyridine rings is 1. The summed E-state index contributed by atoms with van der Waals surface area (Å²) >= 11 is 0. The maximum Gasteiger partial charge on any atom is 0.411 e. The van der Waals surface area contributed by atoms with Crippen LogP contribution in [0.4, 0.5) is 9.18 Å². The monoisotopic (exact) mass is 587 g/mol. The highest BCUT2D eigenvalue weighted by Gasteiger charge is 2.61. The van der Waals surface area contributed by atoms with Gasteiger partial charge in [-0.3, -0.25) is 19.2 Å². The number of ether oxygens (including phenoxy) is 2. The number of hydrogen-bond acceptors (Lipinski definition) is 8. The molecule has 1 aromatic carbocycles. The molecule has 12 heteroatoms. The fourth-order valence-electron chi connectivity index (χ4n) is 5.38. The molecule has 2 heterocycles. The zero-order valence-corrected chi connectivity index (χ0v) is 24.1. The average molecular weight is 588 g/mol. The van der Waals surface area contributed by atoms with E-state index in [9.17, 15) is 27.2 Å². The van der Waals surface area contributed by atoms with Crippen LogP contribution in [-0.4, -0.2) is 65.6 Å². The van der Waals surface area contributed by atoms with Crippen LogP contribution in [-0.2, 0) is 24.3 Å². The van der Waals surface area contributed by atoms with Gasteiger partial charge in [0.15, 0.2) is 5.78 Å². The van der Waals surface area contributed by atoms with E-state index in [1.54, 1.807) is 39.0 Å². The van der Waals surface area contributed by atoms with E-state index in [1.165, 1.54) is 23.2 Å². The summed E-state index contributed by atoms with van der Waals surface area (Å²) in [6.45, 7) is 8.86. The van der Waals surface area contributed by atoms with Gasteiger partial charge in [-0.1, -0.05) is 12.1 Å². The first-order valence-electron chi connectivity index (χ1n) is 13.6. The van der Waals surface area contributed by atoms with Crippen molar-refractivity contribution < 1.29 is 36.7 Å². The van der Waals surface area contributed by atoms with E-state index < -0.39 is 62.0 Å². The number of carbonyl (C=O) groups excluding carboxylic acids is 3. The van der Waals surface area contributed by atoms with Crippen LogP contribution in [0, 0.1) is 17.2 Å². The predicted octanol–water partition coefficient (Wildman–Crippen LogP) is 3.89. The smallest absolute Gasteiger partial charge is 0.411 e. The molecule has 2 aromatic rings. The molecule has 41 heavy (non-hydrogen) atoms. The summed E-state index contributed by atoms with van der Waals surface area (Å²) in [6.07, 6.45) is 2.76. The van der Waals surface area contributed by atoms with Gasteiger partial charge in [0.1, 0.15) is 17.5 Å². The first kappa shape index (κ1) is 29.0. The SMILES string of the molecule is C=C[C@@H]1C[C@]1(CC(=O)C1C[C@@H](Oc2nccc3ccc(F)cc23)CN1C(=O)OC(C)(C)C)C(=O)NS(=O)(=O)C1CC1. The number of aromatic nitrogens is 1. The molecule has 5 rings (SSSR count). The Kier molecular flexibility index (Phi) is 7.33. The Balaban J connectivity index is 1.38. The van der Waals surface area contributed by atoms with Gasteiger partial charge in [-0.05, 0) is 69.5 Å². The number of amides is 2. The van der Waals surface area contributed by atoms with Gasteiger partial charge in [0.2, 0.25) is 21.8 Å². The molecule has 0 radical (unpaired) electrons. The highest BCUT2D eigenvalue weighted by molar-refractivity contribution is 7.90. The quantitative estimate of drug-likeness (QED) is 0.437. The largest absolute Gasteiger partial charge is 0.472 e. The molecule has 1 aromatic heterocycles. The van der Waals surface area contributed by atoms with Crippen molar-refractivity contribution in [2.45, 2.75) is 75.9 Å². The van der Waals surface area contributed by atoms with Gasteiger partial charge in [0.05, 0.1) is 23.3 Å². The maximum absolute atomic E-state index is 14.0. The third-order valence-corrected chi connectivity index (χ3v) is 9.61. The number of benzene rings is 1. The summed E-state index contributed by atoms with van der Waals surface area (Å²) in [4.78, 5) is 45.7. The molecule has 1 unspecified atom stereocenters. The number of ketones is 1. The predicted molar refractivity (Wildman–Crippen MR) is 148 cm³/mol. The lowest BCUT2D eigenvalue weighted by Gasteiger charge is -2.28. The normalized spacial score (nSPS) is 26.0. The van der Waals surface area contributed by atoms with Crippen molar-refractivity contribution in [1.82, 2.24) is 14.6 Å². The molecule has 0 bridgehead atoms. The second-order valence-corrected chi connectivity index (χ2v) is 14.1. The van der Waals surface area contributed by atoms with E-state index in [2.05, 4.69) is 16.3 Å². The van der Waals surface area contributed by atoms with E-state index in [0.29, 0.717) is 23.6 Å². The van der Waals surface area contributed by atoms with Crippen LogP contribution >= 0.6 is 0 Å². The molecule has 2 saturated carbocycles. The van der Waals surface area contributed by atoms with E-state index >= 15 is 0 Å². The lowest BCUT2D eigenvalue weighted by Crippen LogP contribution is -2.46. The highest BCUT2D eigenvalue weighted by atomic mass is 32.2. The van der Waals surface area contributed by atoms with Gasteiger partial charge in [-0.25, -0.2) is 22.6 Å². The van der Waals surface area contributed by atoms with Crippen molar-refractivity contribution in [3.05, 3.63) is 48.9 Å². The fraction of sp³-hybridized carbons (Fsp3) is 0.517. The van der Waals surface area contributed by atoms with Gasteiger partial charge in [0.25, 0.3) is 0 Å². The molecule has 1 aliphatic heterocycles. The summed E-state index contributed by atoms with van der Waals surface area (Å²) < 4.78 is 52.8. The Morgan fingerprint density at radius 2 is 1.98 bits per heavy atom. The lowest BCUT2D eigenvalue weighted by molar-refractivity contribution is -0.131. The first-order chi connectivity index (χ1) is 19.2. The average Bonchev–Trinajstić information content (AvgIpc) is 3.80. The standard InChI is InChI=1S/C29H34FN3O7S/c1-5-18-14-29(18,26(35)32-41(37,38)21-8-9-21)15-24(34)23-13-20(16-33(23)27(36)40-28(2,3)4)39-25-22-12-19(30)7-6-17(22)10-11-31-25/h5-7,10-12,18,20-21,23H,1,8-9,13-16H2,2-4H3,(H,32,35)/t18-,20-,23?,29-/m1/s1. The zero-order chi connectivity index (χ0) is 29.7. The van der Waals surface area contributed by atoms with E-state index in [1.807, 2.05) is 0 Å². The number of nitrogens with zero attached hydrogens (tertiary/aromatic N) is 2. The van der Waals surface area contributed by atoms with Gasteiger partial charge < -0.3 is 9.47 Å². The topological polar surface area (TPSA) is 132 Å². The van der Waals surface area contributed by atoms with E-state index in [-0.39, 0.29) is 37.6 Å². The van der Waals surface area contributed by atoms with Crippen molar-refractivity contribution in [3.8, 4) is 5.88 Å². The number of carbonyl (C=O) groups is 3. The molecule has 1 saturated heterocycles. The molecule has 3 fully saturated rings. The Morgan fingerprint density at radius 3 is 2.61 bits per heavy atom. The van der Waals surface area contributed by atoms with Crippen LogP contribution < -0.4 is 9.46 Å². The molecule has 3 aliphatic rings. The summed E-state index contributed by atoms with van der Waals surface area (Å²) in [5.41, 5.74) is -2.09. The molecule has 0 spiro atoms. The molecule has 4 atom stereocenters. The van der Waals surface area contributed by atoms with E-state index in [0.717, 1.165) is 0 Å². The number of halogens is 1. The Morgan fingerprint density at radius 1 is 1.24 bits per heavy atom. The number of Topliss-reactive ketones (excluding diaryl/α,β-unsaturated/α-hetero) is 1. The zero-order valence-electron chi connectivity index (χ0n) is 23.3. The third-order valence-electron chi connectivity index (χ3n) is 7.79. The highest BCUT2D eigenvalue weighted by Crippen LogP contribution is 2.57. The number of rotatable bonds is 9. The maximum atomic E-state index is 14.0. The fourth-order valence-corrected chi connectivity index (χ4v) is 6.77. The molecule has 1 N–H and O–H groups in total. The molecular weight excluding hydrogens is 553 g/mol. The molecule has 2 aliphatic carbocycles. The van der Waals surface area contributed by atoms with Crippen LogP contribution in [0.15, 0.2) is 43.1 Å². The second-order valence-electron chi connectivity index (χ2n) is 12.1. The lowest BCUT2D eigenvalue weighted by atomic mass is 9.91. The molecule has 2 amide bonds. The minimum atomic E-state index is -3.81. The van der Waals surface area contributed by atoms with Gasteiger partial charge in [-0.2, -0.15) is 0 Å². The van der Waals surface area contributed by atoms with Crippen molar-refractivity contribution in [1.29, 1.82) is 0 Å². The number of likely N-dealkylation sites (tertiary alicyclic amines) is 1. The minimum Gasteiger partial charge on any atom is -0.472 e. The molecule has 10 nitrogen and oxygen atoms in total. The van der Waals surface area contributed by atoms with E-state index in [4.69, 9.17) is 9.47 Å². The first-order valence-corrected chi connectivity index (χ1v) is 15.2. The van der Waals surface area contributed by atoms with Crippen LogP contribution in [0.25, 0.3) is 10.8 Å². The van der Waals surface area contributed by atoms with Crippen molar-refractivity contribution in [2.24, 2.45) is 11.3 Å². The minimum absolute atomic E-state index is 0.00114. The van der Waals surface area contributed by atoms with Gasteiger partial charge in [-0.15, -0.1) is 6.58 Å². The Labute approximate surface area is 238 Å². The summed E-state index contributed by atoms with van der Waals surface area (Å²) in [6, 6.07) is 4.97. The van der Waals surface area contributed by atoms with Crippen LogP contribution in [0.2, 0.25) is 0 Å². The van der Waals surface area contributed by atoms with Crippen molar-refractivity contribution in [3.63, 3.8) is 0 Å². The number of sulfonamides is 1. The number of nitrogens with one attached hydrogen (secondary N) is 1. The van der Waals surface area contributed by atoms with Crippen molar-refractivity contribution >= 4 is 38.6 Å². The Hall–Kier alpha value is -3.54. The number of fused-ring (bicyclic) bond motifs is 1. The Bertz CT molecular complexity index is 1520. The third kappa shape index (κ3) is 6.07. The number of hydrogen-bond donors (Lipinski definition) is 1.